The number of carbonyl (C=O) groups is 2. The zero-order valence-corrected chi connectivity index (χ0v) is 23.9. The van der Waals surface area contributed by atoms with Gasteiger partial charge in [0.1, 0.15) is 17.7 Å². The van der Waals surface area contributed by atoms with E-state index in [2.05, 4.69) is 15.0 Å². The molecule has 0 radical (unpaired) electrons. The van der Waals surface area contributed by atoms with Gasteiger partial charge in [0.15, 0.2) is 5.03 Å². The summed E-state index contributed by atoms with van der Waals surface area (Å²) in [6.45, 7) is 3.64. The highest BCUT2D eigenvalue weighted by atomic mass is 32.2. The minimum Gasteiger partial charge on any atom is -0.487 e. The molecule has 0 saturated heterocycles. The highest BCUT2D eigenvalue weighted by Gasteiger charge is 2.34. The Kier molecular flexibility index (Phi) is 8.83. The number of aliphatic hydroxyl groups is 1. The first-order valence-corrected chi connectivity index (χ1v) is 14.4. The predicted molar refractivity (Wildman–Crippen MR) is 150 cm³/mol. The quantitative estimate of drug-likeness (QED) is 0.367. The number of aromatic nitrogens is 2. The van der Waals surface area contributed by atoms with Gasteiger partial charge in [-0.05, 0) is 49.4 Å². The molecule has 0 aliphatic carbocycles. The first kappa shape index (κ1) is 29.8. The molecular formula is C27H33FN6O6S. The minimum absolute atomic E-state index is 0.0989. The number of nitrogens with zero attached hydrogens (tertiary/aromatic N) is 4. The molecule has 220 valence electrons. The lowest BCUT2D eigenvalue weighted by atomic mass is 9.99. The van der Waals surface area contributed by atoms with Crippen molar-refractivity contribution in [1.82, 2.24) is 19.4 Å². The molecule has 0 spiro atoms. The van der Waals surface area contributed by atoms with Crippen molar-refractivity contribution in [3.05, 3.63) is 66.4 Å². The molecule has 2 aromatic carbocycles. The molecule has 3 amide bonds. The van der Waals surface area contributed by atoms with Crippen LogP contribution in [0.5, 0.6) is 5.75 Å². The number of aliphatic hydroxyl groups excluding tert-OH is 1. The number of sulfonamides is 1. The third-order valence-corrected chi connectivity index (χ3v) is 8.04. The average Bonchev–Trinajstić information content (AvgIpc) is 3.39. The number of amides is 3. The monoisotopic (exact) mass is 588 g/mol. The fourth-order valence-corrected chi connectivity index (χ4v) is 5.38. The van der Waals surface area contributed by atoms with E-state index in [1.54, 1.807) is 21.0 Å². The largest absolute Gasteiger partial charge is 0.487 e. The summed E-state index contributed by atoms with van der Waals surface area (Å²) in [5, 5.41) is 12.4. The number of imidazole rings is 1. The van der Waals surface area contributed by atoms with Crippen molar-refractivity contribution in [2.45, 2.75) is 31.0 Å². The zero-order valence-electron chi connectivity index (χ0n) is 23.1. The van der Waals surface area contributed by atoms with Crippen LogP contribution in [0.15, 0.2) is 60.0 Å². The van der Waals surface area contributed by atoms with E-state index in [9.17, 15) is 27.5 Å². The summed E-state index contributed by atoms with van der Waals surface area (Å²) in [7, 11) is -0.789. The smallest absolute Gasteiger partial charge is 0.321 e. The molecule has 0 saturated carbocycles. The number of carbonyl (C=O) groups excluding carboxylic acids is 2. The number of likely N-dealkylation sites (N-methyl/N-ethyl adjacent to an activating group) is 1. The molecule has 1 aromatic heterocycles. The van der Waals surface area contributed by atoms with E-state index in [-0.39, 0.29) is 47.6 Å². The molecule has 1 aliphatic heterocycles. The van der Waals surface area contributed by atoms with Crippen molar-refractivity contribution in [1.29, 1.82) is 0 Å². The van der Waals surface area contributed by atoms with Crippen molar-refractivity contribution >= 4 is 33.3 Å². The van der Waals surface area contributed by atoms with Gasteiger partial charge in [-0.3, -0.25) is 9.52 Å². The van der Waals surface area contributed by atoms with Gasteiger partial charge in [0.2, 0.25) is 0 Å². The van der Waals surface area contributed by atoms with E-state index >= 15 is 0 Å². The van der Waals surface area contributed by atoms with Gasteiger partial charge >= 0.3 is 6.03 Å². The standard InChI is InChI=1S/C27H33FN6O6S/c1-17-12-34(18(2)15-35)26(36)22-11-21(31-41(38,39)25-14-32(3)16-29-25)9-10-23(22)40-24(17)13-33(4)27(37)30-20-7-5-19(28)6-8-20/h5-11,14,16-18,24,31,35H,12-13,15H2,1-4H3,(H,30,37)/t17-,18-,24-/m1/s1. The number of fused-ring (bicyclic) bond motifs is 1. The van der Waals surface area contributed by atoms with Crippen molar-refractivity contribution in [3.63, 3.8) is 0 Å². The summed E-state index contributed by atoms with van der Waals surface area (Å²) in [5.41, 5.74) is 0.653. The minimum atomic E-state index is -4.02. The van der Waals surface area contributed by atoms with Crippen molar-refractivity contribution < 1.29 is 32.2 Å². The van der Waals surface area contributed by atoms with E-state index in [4.69, 9.17) is 4.74 Å². The van der Waals surface area contributed by atoms with E-state index in [0.29, 0.717) is 5.69 Å². The molecule has 3 aromatic rings. The lowest BCUT2D eigenvalue weighted by Gasteiger charge is -2.38. The normalized spacial score (nSPS) is 18.0. The molecule has 1 aliphatic rings. The van der Waals surface area contributed by atoms with Crippen LogP contribution in [0, 0.1) is 11.7 Å². The molecule has 3 atom stereocenters. The van der Waals surface area contributed by atoms with Gasteiger partial charge in [0.25, 0.3) is 15.9 Å². The fraction of sp³-hybridized carbons (Fsp3) is 0.370. The van der Waals surface area contributed by atoms with Crippen LogP contribution in [0.4, 0.5) is 20.6 Å². The number of anilines is 2. The number of aryl methyl sites for hydroxylation is 1. The number of urea groups is 1. The second kappa shape index (κ2) is 12.1. The van der Waals surface area contributed by atoms with Crippen LogP contribution in [-0.2, 0) is 17.1 Å². The molecule has 41 heavy (non-hydrogen) atoms. The van der Waals surface area contributed by atoms with Gasteiger partial charge in [-0.1, -0.05) is 6.92 Å². The molecule has 0 fully saturated rings. The molecule has 12 nitrogen and oxygen atoms in total. The van der Waals surface area contributed by atoms with Gasteiger partial charge in [-0.2, -0.15) is 8.42 Å². The number of rotatable bonds is 8. The van der Waals surface area contributed by atoms with Gasteiger partial charge < -0.3 is 29.5 Å². The Morgan fingerprint density at radius 3 is 2.56 bits per heavy atom. The summed E-state index contributed by atoms with van der Waals surface area (Å²) in [4.78, 5) is 33.3. The Hall–Kier alpha value is -4.17. The number of nitrogens with one attached hydrogen (secondary N) is 2. The van der Waals surface area contributed by atoms with Crippen LogP contribution >= 0.6 is 0 Å². The summed E-state index contributed by atoms with van der Waals surface area (Å²) >= 11 is 0. The average molecular weight is 589 g/mol. The lowest BCUT2D eigenvalue weighted by molar-refractivity contribution is 0.0371. The predicted octanol–water partition coefficient (Wildman–Crippen LogP) is 2.74. The fourth-order valence-electron chi connectivity index (χ4n) is 4.34. The molecule has 3 N–H and O–H groups in total. The number of benzene rings is 2. The number of ether oxygens (including phenoxy) is 1. The highest BCUT2D eigenvalue weighted by Crippen LogP contribution is 2.31. The number of hydrogen-bond acceptors (Lipinski definition) is 7. The van der Waals surface area contributed by atoms with Crippen LogP contribution < -0.4 is 14.8 Å². The SMILES string of the molecule is C[C@@H]1CN([C@H](C)CO)C(=O)c2cc(NS(=O)(=O)c3cn(C)cn3)ccc2O[C@@H]1CN(C)C(=O)Nc1ccc(F)cc1. The Morgan fingerprint density at radius 1 is 1.24 bits per heavy atom. The maximum Gasteiger partial charge on any atom is 0.321 e. The summed E-state index contributed by atoms with van der Waals surface area (Å²) in [5.74, 6) is -0.914. The van der Waals surface area contributed by atoms with Gasteiger partial charge in [0.05, 0.1) is 31.1 Å². The molecule has 14 heteroatoms. The van der Waals surface area contributed by atoms with E-state index in [1.807, 2.05) is 6.92 Å². The molecular weight excluding hydrogens is 555 g/mol. The maximum atomic E-state index is 13.6. The Morgan fingerprint density at radius 2 is 1.93 bits per heavy atom. The van der Waals surface area contributed by atoms with Gasteiger partial charge in [-0.15, -0.1) is 0 Å². The van der Waals surface area contributed by atoms with Gasteiger partial charge in [-0.25, -0.2) is 14.2 Å². The molecule has 0 unspecified atom stereocenters. The maximum absolute atomic E-state index is 13.6. The highest BCUT2D eigenvalue weighted by molar-refractivity contribution is 7.92. The van der Waals surface area contributed by atoms with Crippen molar-refractivity contribution in [2.24, 2.45) is 13.0 Å². The third-order valence-electron chi connectivity index (χ3n) is 6.77. The summed E-state index contributed by atoms with van der Waals surface area (Å²) in [6, 6.07) is 8.76. The summed E-state index contributed by atoms with van der Waals surface area (Å²) in [6.07, 6.45) is 2.14. The van der Waals surface area contributed by atoms with Crippen LogP contribution in [0.25, 0.3) is 0 Å². The van der Waals surface area contributed by atoms with Crippen molar-refractivity contribution in [3.8, 4) is 5.75 Å². The van der Waals surface area contributed by atoms with E-state index < -0.39 is 39.9 Å². The second-order valence-corrected chi connectivity index (χ2v) is 11.8. The van der Waals surface area contributed by atoms with Crippen LogP contribution in [0.2, 0.25) is 0 Å². The van der Waals surface area contributed by atoms with Gasteiger partial charge in [0, 0.05) is 44.1 Å². The number of hydrogen-bond donors (Lipinski definition) is 3. The first-order chi connectivity index (χ1) is 19.4. The zero-order chi connectivity index (χ0) is 29.9. The van der Waals surface area contributed by atoms with Crippen LogP contribution in [0.1, 0.15) is 24.2 Å². The molecule has 4 rings (SSSR count). The molecule has 2 heterocycles. The second-order valence-electron chi connectivity index (χ2n) is 10.1. The lowest BCUT2D eigenvalue weighted by Crippen LogP contribution is -2.50. The van der Waals surface area contributed by atoms with Crippen LogP contribution in [0.3, 0.4) is 0 Å². The Balaban J connectivity index is 1.60. The number of halogens is 1. The topological polar surface area (TPSA) is 146 Å². The summed E-state index contributed by atoms with van der Waals surface area (Å²) < 4.78 is 49.1. The first-order valence-electron chi connectivity index (χ1n) is 12.9. The van der Waals surface area contributed by atoms with E-state index in [0.717, 1.165) is 0 Å². The van der Waals surface area contributed by atoms with Crippen molar-refractivity contribution in [2.75, 3.05) is 36.8 Å². The Labute approximate surface area is 237 Å². The van der Waals surface area contributed by atoms with Crippen LogP contribution in [-0.4, -0.2) is 83.7 Å². The van der Waals surface area contributed by atoms with E-state index in [1.165, 1.54) is 69.4 Å². The molecule has 0 bridgehead atoms. The third kappa shape index (κ3) is 6.95. The Bertz CT molecular complexity index is 1510.